The number of sulfone groups is 1. The lowest BCUT2D eigenvalue weighted by Crippen LogP contribution is -2.10. The van der Waals surface area contributed by atoms with Gasteiger partial charge in [0, 0.05) is 10.2 Å². The van der Waals surface area contributed by atoms with Gasteiger partial charge in [-0.1, -0.05) is 22.9 Å². The summed E-state index contributed by atoms with van der Waals surface area (Å²) in [5.74, 6) is -0.270. The van der Waals surface area contributed by atoms with E-state index in [1.54, 1.807) is 6.92 Å². The molecular formula is C12H16BrFO3S. The maximum absolute atomic E-state index is 13.0. The molecule has 0 saturated heterocycles. The van der Waals surface area contributed by atoms with E-state index in [2.05, 4.69) is 15.9 Å². The Hall–Kier alpha value is -0.460. The molecule has 1 unspecified atom stereocenters. The Morgan fingerprint density at radius 1 is 1.44 bits per heavy atom. The van der Waals surface area contributed by atoms with Crippen molar-refractivity contribution in [3.63, 3.8) is 0 Å². The number of aliphatic hydroxyl groups is 1. The maximum atomic E-state index is 13.0. The molecule has 0 aromatic heterocycles. The van der Waals surface area contributed by atoms with Crippen LogP contribution >= 0.6 is 15.9 Å². The van der Waals surface area contributed by atoms with Crippen LogP contribution in [0.4, 0.5) is 4.39 Å². The molecule has 102 valence electrons. The summed E-state index contributed by atoms with van der Waals surface area (Å²) in [6.07, 6.45) is -0.205. The van der Waals surface area contributed by atoms with Crippen molar-refractivity contribution in [3.8, 4) is 0 Å². The molecule has 0 fully saturated rings. The number of rotatable bonds is 6. The van der Waals surface area contributed by atoms with Crippen molar-refractivity contribution in [1.82, 2.24) is 0 Å². The molecule has 0 saturated carbocycles. The zero-order valence-corrected chi connectivity index (χ0v) is 12.5. The Kier molecular flexibility index (Phi) is 5.75. The molecule has 0 spiro atoms. The van der Waals surface area contributed by atoms with Crippen LogP contribution in [0.2, 0.25) is 0 Å². The molecule has 1 aromatic carbocycles. The molecule has 0 heterocycles. The first-order chi connectivity index (χ1) is 8.35. The number of benzene rings is 1. The van der Waals surface area contributed by atoms with Crippen molar-refractivity contribution < 1.29 is 17.9 Å². The van der Waals surface area contributed by atoms with Crippen LogP contribution in [0.15, 0.2) is 22.7 Å². The van der Waals surface area contributed by atoms with Gasteiger partial charge in [0.2, 0.25) is 0 Å². The van der Waals surface area contributed by atoms with E-state index >= 15 is 0 Å². The smallest absolute Gasteiger partial charge is 0.150 e. The minimum Gasteiger partial charge on any atom is -0.388 e. The van der Waals surface area contributed by atoms with Crippen molar-refractivity contribution in [1.29, 1.82) is 0 Å². The van der Waals surface area contributed by atoms with Crippen LogP contribution in [0.1, 0.15) is 31.4 Å². The highest BCUT2D eigenvalue weighted by Crippen LogP contribution is 2.27. The van der Waals surface area contributed by atoms with Crippen LogP contribution in [0.3, 0.4) is 0 Å². The van der Waals surface area contributed by atoms with Crippen molar-refractivity contribution in [2.45, 2.75) is 25.9 Å². The van der Waals surface area contributed by atoms with Crippen molar-refractivity contribution in [2.75, 3.05) is 11.5 Å². The number of hydrogen-bond donors (Lipinski definition) is 1. The second-order valence-electron chi connectivity index (χ2n) is 4.06. The Morgan fingerprint density at radius 3 is 2.72 bits per heavy atom. The Bertz CT molecular complexity index is 502. The first-order valence-corrected chi connectivity index (χ1v) is 8.30. The minimum absolute atomic E-state index is 0.0491. The molecule has 0 amide bonds. The van der Waals surface area contributed by atoms with Gasteiger partial charge in [0.25, 0.3) is 0 Å². The Balaban J connectivity index is 2.61. The zero-order valence-electron chi connectivity index (χ0n) is 10.1. The third-order valence-electron chi connectivity index (χ3n) is 2.69. The predicted octanol–water partition coefficient (Wildman–Crippen LogP) is 2.84. The Morgan fingerprint density at radius 2 is 2.11 bits per heavy atom. The lowest BCUT2D eigenvalue weighted by atomic mass is 10.1. The third kappa shape index (κ3) is 4.66. The average molecular weight is 339 g/mol. The van der Waals surface area contributed by atoms with E-state index in [0.717, 1.165) is 0 Å². The summed E-state index contributed by atoms with van der Waals surface area (Å²) in [6.45, 7) is 1.59. The normalized spacial score (nSPS) is 13.6. The van der Waals surface area contributed by atoms with Gasteiger partial charge in [-0.2, -0.15) is 0 Å². The van der Waals surface area contributed by atoms with Gasteiger partial charge in [-0.3, -0.25) is 0 Å². The molecule has 1 rings (SSSR count). The molecule has 0 aliphatic carbocycles. The van der Waals surface area contributed by atoms with Gasteiger partial charge >= 0.3 is 0 Å². The molecule has 18 heavy (non-hydrogen) atoms. The third-order valence-corrected chi connectivity index (χ3v) is 5.20. The summed E-state index contributed by atoms with van der Waals surface area (Å²) >= 11 is 3.23. The molecule has 0 aliphatic heterocycles. The first kappa shape index (κ1) is 15.6. The van der Waals surface area contributed by atoms with Crippen molar-refractivity contribution in [2.24, 2.45) is 0 Å². The van der Waals surface area contributed by atoms with E-state index in [4.69, 9.17) is 0 Å². The highest BCUT2D eigenvalue weighted by molar-refractivity contribution is 9.10. The zero-order chi connectivity index (χ0) is 13.8. The van der Waals surface area contributed by atoms with Crippen molar-refractivity contribution in [3.05, 3.63) is 34.1 Å². The Labute approximate surface area is 115 Å². The fourth-order valence-corrected chi connectivity index (χ4v) is 2.97. The van der Waals surface area contributed by atoms with Gasteiger partial charge in [0.05, 0.1) is 11.9 Å². The fraction of sp³-hybridized carbons (Fsp3) is 0.500. The van der Waals surface area contributed by atoms with E-state index in [1.165, 1.54) is 18.2 Å². The summed E-state index contributed by atoms with van der Waals surface area (Å²) in [7, 11) is -3.01. The lowest BCUT2D eigenvalue weighted by molar-refractivity contribution is 0.165. The monoisotopic (exact) mass is 338 g/mol. The molecule has 6 heteroatoms. The second kappa shape index (κ2) is 6.63. The predicted molar refractivity (Wildman–Crippen MR) is 72.6 cm³/mol. The molecule has 1 atom stereocenters. The highest BCUT2D eigenvalue weighted by Gasteiger charge is 2.14. The SMILES string of the molecule is CCS(=O)(=O)CCCC(O)c1cc(F)ccc1Br. The van der Waals surface area contributed by atoms with Gasteiger partial charge in [0.1, 0.15) is 15.7 Å². The van der Waals surface area contributed by atoms with Crippen molar-refractivity contribution >= 4 is 25.8 Å². The van der Waals surface area contributed by atoms with Gasteiger partial charge in [-0.25, -0.2) is 12.8 Å². The first-order valence-electron chi connectivity index (χ1n) is 5.69. The summed E-state index contributed by atoms with van der Waals surface area (Å²) in [5, 5.41) is 9.90. The topological polar surface area (TPSA) is 54.4 Å². The lowest BCUT2D eigenvalue weighted by Gasteiger charge is -2.12. The highest BCUT2D eigenvalue weighted by atomic mass is 79.9. The summed E-state index contributed by atoms with van der Waals surface area (Å²) in [4.78, 5) is 0. The van der Waals surface area contributed by atoms with E-state index in [1.807, 2.05) is 0 Å². The fourth-order valence-electron chi connectivity index (χ4n) is 1.57. The van der Waals surface area contributed by atoms with Gasteiger partial charge in [-0.15, -0.1) is 0 Å². The largest absolute Gasteiger partial charge is 0.388 e. The number of hydrogen-bond acceptors (Lipinski definition) is 3. The van der Waals surface area contributed by atoms with Crippen LogP contribution in [0, 0.1) is 5.82 Å². The van der Waals surface area contributed by atoms with Gasteiger partial charge in [0.15, 0.2) is 0 Å². The van der Waals surface area contributed by atoms with E-state index in [0.29, 0.717) is 22.9 Å². The molecule has 3 nitrogen and oxygen atoms in total. The number of aliphatic hydroxyl groups excluding tert-OH is 1. The summed E-state index contributed by atoms with van der Waals surface area (Å²) in [5.41, 5.74) is 0.448. The van der Waals surface area contributed by atoms with Crippen LogP contribution in [-0.2, 0) is 9.84 Å². The summed E-state index contributed by atoms with van der Waals surface area (Å²) in [6, 6.07) is 4.07. The van der Waals surface area contributed by atoms with Crippen LogP contribution in [-0.4, -0.2) is 25.0 Å². The van der Waals surface area contributed by atoms with Gasteiger partial charge in [-0.05, 0) is 36.6 Å². The second-order valence-corrected chi connectivity index (χ2v) is 7.39. The van der Waals surface area contributed by atoms with Gasteiger partial charge < -0.3 is 5.11 Å². The molecule has 0 aliphatic rings. The molecular weight excluding hydrogens is 323 g/mol. The molecule has 1 aromatic rings. The van der Waals surface area contributed by atoms with Crippen LogP contribution < -0.4 is 0 Å². The average Bonchev–Trinajstić information content (AvgIpc) is 2.32. The van der Waals surface area contributed by atoms with Crippen LogP contribution in [0.25, 0.3) is 0 Å². The van der Waals surface area contributed by atoms with E-state index < -0.39 is 21.8 Å². The number of halogens is 2. The standard InChI is InChI=1S/C12H16BrFO3S/c1-2-18(16,17)7-3-4-12(15)10-8-9(14)5-6-11(10)13/h5-6,8,12,15H,2-4,7H2,1H3. The molecule has 0 bridgehead atoms. The summed E-state index contributed by atoms with van der Waals surface area (Å²) < 4.78 is 36.2. The quantitative estimate of drug-likeness (QED) is 0.867. The molecule has 1 N–H and O–H groups in total. The molecule has 0 radical (unpaired) electrons. The van der Waals surface area contributed by atoms with Crippen LogP contribution in [0.5, 0.6) is 0 Å². The maximum Gasteiger partial charge on any atom is 0.150 e. The minimum atomic E-state index is -3.01. The van der Waals surface area contributed by atoms with E-state index in [9.17, 15) is 17.9 Å². The van der Waals surface area contributed by atoms with E-state index in [-0.39, 0.29) is 11.5 Å².